The summed E-state index contributed by atoms with van der Waals surface area (Å²) in [6, 6.07) is 14.3. The zero-order valence-electron chi connectivity index (χ0n) is 19.4. The number of aromatic amines is 1. The van der Waals surface area contributed by atoms with Crippen molar-refractivity contribution in [1.29, 1.82) is 0 Å². The molecule has 0 amide bonds. The lowest BCUT2D eigenvalue weighted by Crippen LogP contribution is -2.40. The molecule has 8 heteroatoms. The summed E-state index contributed by atoms with van der Waals surface area (Å²) in [6.45, 7) is 3.07. The molecule has 0 radical (unpaired) electrons. The molecule has 176 valence electrons. The molecular formula is C26H31N7O. The van der Waals surface area contributed by atoms with Crippen molar-refractivity contribution in [3.05, 3.63) is 78.0 Å². The standard InChI is InChI=1S/C26H31N7O/c1-17(34)18-2-4-19(5-3-18)26(28)22-10-11-32(14-27)25(22)9-6-20-13-29-24-8-7-21(12-23(20)24)33-15-30-31-16-33/h2-5,7-8,12-13,15-16,22,25-26,29H,6,9-11,14,27-28H2,1H3/t22-,25?,26?/m1/s1. The summed E-state index contributed by atoms with van der Waals surface area (Å²) in [5, 5.41) is 9.05. The number of carbonyl (C=O) groups excluding carboxylic acids is 1. The Labute approximate surface area is 199 Å². The number of H-pyrrole nitrogens is 1. The van der Waals surface area contributed by atoms with Crippen LogP contribution in [-0.4, -0.2) is 49.7 Å². The average molecular weight is 458 g/mol. The number of benzene rings is 2. The number of Topliss-reactive ketones (excluding diaryl/α,β-unsaturated/α-hetero) is 1. The van der Waals surface area contributed by atoms with E-state index in [0.29, 0.717) is 24.2 Å². The number of hydrogen-bond donors (Lipinski definition) is 3. The highest BCUT2D eigenvalue weighted by atomic mass is 16.1. The van der Waals surface area contributed by atoms with Gasteiger partial charge in [-0.2, -0.15) is 0 Å². The fourth-order valence-corrected chi connectivity index (χ4v) is 5.34. The third-order valence-corrected chi connectivity index (χ3v) is 7.29. The van der Waals surface area contributed by atoms with E-state index in [0.717, 1.165) is 42.6 Å². The molecule has 3 atom stereocenters. The second kappa shape index (κ2) is 9.50. The average Bonchev–Trinajstić information content (AvgIpc) is 3.61. The number of nitrogens with one attached hydrogen (secondary N) is 1. The quantitative estimate of drug-likeness (QED) is 0.350. The van der Waals surface area contributed by atoms with Crippen LogP contribution < -0.4 is 11.5 Å². The van der Waals surface area contributed by atoms with Crippen molar-refractivity contribution in [2.45, 2.75) is 38.3 Å². The van der Waals surface area contributed by atoms with E-state index in [1.54, 1.807) is 19.6 Å². The minimum atomic E-state index is -0.0918. The molecule has 0 saturated carbocycles. The molecule has 2 aromatic heterocycles. The molecule has 1 aliphatic heterocycles. The summed E-state index contributed by atoms with van der Waals surface area (Å²) < 4.78 is 1.91. The first-order valence-corrected chi connectivity index (χ1v) is 11.8. The van der Waals surface area contributed by atoms with Crippen molar-refractivity contribution in [2.75, 3.05) is 13.2 Å². The van der Waals surface area contributed by atoms with E-state index in [1.165, 1.54) is 10.9 Å². The number of likely N-dealkylation sites (tertiary alicyclic amines) is 1. The molecule has 3 heterocycles. The minimum Gasteiger partial charge on any atom is -0.361 e. The van der Waals surface area contributed by atoms with Gasteiger partial charge < -0.3 is 16.5 Å². The van der Waals surface area contributed by atoms with Crippen molar-refractivity contribution in [2.24, 2.45) is 17.4 Å². The van der Waals surface area contributed by atoms with Crippen molar-refractivity contribution >= 4 is 16.7 Å². The molecule has 1 fully saturated rings. The van der Waals surface area contributed by atoms with Crippen LogP contribution in [0.3, 0.4) is 0 Å². The molecule has 5 rings (SSSR count). The number of ketones is 1. The number of hydrogen-bond acceptors (Lipinski definition) is 6. The Morgan fingerprint density at radius 1 is 1.18 bits per heavy atom. The maximum absolute atomic E-state index is 11.6. The van der Waals surface area contributed by atoms with Gasteiger partial charge in [0.2, 0.25) is 0 Å². The van der Waals surface area contributed by atoms with Crippen molar-refractivity contribution in [3.63, 3.8) is 0 Å². The summed E-state index contributed by atoms with van der Waals surface area (Å²) in [5.74, 6) is 0.379. The SMILES string of the molecule is CC(=O)c1ccc(C(N)[C@@H]2CCN(CN)C2CCc2c[nH]c3ccc(-n4cnnc4)cc23)cc1. The van der Waals surface area contributed by atoms with Crippen LogP contribution >= 0.6 is 0 Å². The predicted molar refractivity (Wildman–Crippen MR) is 133 cm³/mol. The van der Waals surface area contributed by atoms with E-state index in [9.17, 15) is 4.79 Å². The lowest BCUT2D eigenvalue weighted by atomic mass is 9.85. The molecule has 0 aliphatic carbocycles. The van der Waals surface area contributed by atoms with Gasteiger partial charge in [-0.15, -0.1) is 10.2 Å². The molecule has 1 saturated heterocycles. The lowest BCUT2D eigenvalue weighted by Gasteiger charge is -2.30. The maximum Gasteiger partial charge on any atom is 0.159 e. The molecule has 8 nitrogen and oxygen atoms in total. The third-order valence-electron chi connectivity index (χ3n) is 7.29. The first-order chi connectivity index (χ1) is 16.5. The molecule has 0 spiro atoms. The van der Waals surface area contributed by atoms with E-state index in [1.807, 2.05) is 28.8 Å². The van der Waals surface area contributed by atoms with Crippen LogP contribution in [0.2, 0.25) is 0 Å². The Morgan fingerprint density at radius 3 is 2.65 bits per heavy atom. The second-order valence-corrected chi connectivity index (χ2v) is 9.17. The lowest BCUT2D eigenvalue weighted by molar-refractivity contribution is 0.101. The number of carbonyl (C=O) groups is 1. The fraction of sp³-hybridized carbons (Fsp3) is 0.346. The number of rotatable bonds is 8. The monoisotopic (exact) mass is 457 g/mol. The van der Waals surface area contributed by atoms with E-state index in [-0.39, 0.29) is 11.8 Å². The van der Waals surface area contributed by atoms with Crippen molar-refractivity contribution in [3.8, 4) is 5.69 Å². The molecule has 2 unspecified atom stereocenters. The summed E-state index contributed by atoms with van der Waals surface area (Å²) in [5.41, 5.74) is 18.1. The maximum atomic E-state index is 11.6. The van der Waals surface area contributed by atoms with Gasteiger partial charge >= 0.3 is 0 Å². The molecule has 2 aromatic carbocycles. The van der Waals surface area contributed by atoms with Crippen LogP contribution in [0.1, 0.15) is 47.3 Å². The van der Waals surface area contributed by atoms with Gasteiger partial charge in [0, 0.05) is 53.6 Å². The molecule has 4 aromatic rings. The molecule has 34 heavy (non-hydrogen) atoms. The Morgan fingerprint density at radius 2 is 1.94 bits per heavy atom. The fourth-order valence-electron chi connectivity index (χ4n) is 5.34. The van der Waals surface area contributed by atoms with Crippen LogP contribution in [0.4, 0.5) is 0 Å². The first-order valence-electron chi connectivity index (χ1n) is 11.8. The van der Waals surface area contributed by atoms with E-state index < -0.39 is 0 Å². The zero-order valence-corrected chi connectivity index (χ0v) is 19.4. The van der Waals surface area contributed by atoms with Gasteiger partial charge in [0.05, 0.1) is 0 Å². The van der Waals surface area contributed by atoms with Crippen molar-refractivity contribution in [1.82, 2.24) is 24.6 Å². The molecule has 1 aliphatic rings. The van der Waals surface area contributed by atoms with Gasteiger partial charge in [0.25, 0.3) is 0 Å². The van der Waals surface area contributed by atoms with Gasteiger partial charge in [-0.3, -0.25) is 14.3 Å². The molecule has 0 bridgehead atoms. The van der Waals surface area contributed by atoms with Crippen molar-refractivity contribution < 1.29 is 4.79 Å². The van der Waals surface area contributed by atoms with Crippen LogP contribution in [0, 0.1) is 5.92 Å². The van der Waals surface area contributed by atoms with E-state index in [4.69, 9.17) is 11.5 Å². The van der Waals surface area contributed by atoms with Crippen LogP contribution in [0.5, 0.6) is 0 Å². The topological polar surface area (TPSA) is 119 Å². The first kappa shape index (κ1) is 22.5. The Balaban J connectivity index is 1.35. The molecular weight excluding hydrogens is 426 g/mol. The van der Waals surface area contributed by atoms with E-state index >= 15 is 0 Å². The number of nitrogens with zero attached hydrogens (tertiary/aromatic N) is 4. The van der Waals surface area contributed by atoms with Crippen LogP contribution in [0.25, 0.3) is 16.6 Å². The Hall–Kier alpha value is -3.33. The van der Waals surface area contributed by atoms with Gasteiger partial charge in [-0.05, 0) is 61.4 Å². The summed E-state index contributed by atoms with van der Waals surface area (Å²) in [7, 11) is 0. The Bertz CT molecular complexity index is 1260. The second-order valence-electron chi connectivity index (χ2n) is 9.17. The van der Waals surface area contributed by atoms with Crippen LogP contribution in [0.15, 0.2) is 61.3 Å². The number of aromatic nitrogens is 4. The third kappa shape index (κ3) is 4.27. The summed E-state index contributed by atoms with van der Waals surface area (Å²) in [4.78, 5) is 17.4. The highest BCUT2D eigenvalue weighted by Crippen LogP contribution is 2.36. The number of aryl methyl sites for hydroxylation is 1. The number of nitrogens with two attached hydrogens (primary N) is 2. The van der Waals surface area contributed by atoms with Gasteiger partial charge in [0.15, 0.2) is 5.78 Å². The number of fused-ring (bicyclic) bond motifs is 1. The highest BCUT2D eigenvalue weighted by molar-refractivity contribution is 5.94. The predicted octanol–water partition coefficient (Wildman–Crippen LogP) is 3.19. The van der Waals surface area contributed by atoms with Gasteiger partial charge in [0.1, 0.15) is 12.7 Å². The Kier molecular flexibility index (Phi) is 6.28. The summed E-state index contributed by atoms with van der Waals surface area (Å²) >= 11 is 0. The summed E-state index contributed by atoms with van der Waals surface area (Å²) in [6.07, 6.45) is 8.45. The van der Waals surface area contributed by atoms with Crippen LogP contribution in [-0.2, 0) is 6.42 Å². The van der Waals surface area contributed by atoms with Gasteiger partial charge in [-0.25, -0.2) is 0 Å². The van der Waals surface area contributed by atoms with Gasteiger partial charge in [-0.1, -0.05) is 24.3 Å². The smallest absolute Gasteiger partial charge is 0.159 e. The largest absolute Gasteiger partial charge is 0.361 e. The zero-order chi connectivity index (χ0) is 23.7. The van der Waals surface area contributed by atoms with E-state index in [2.05, 4.69) is 44.5 Å². The highest BCUT2D eigenvalue weighted by Gasteiger charge is 2.37. The minimum absolute atomic E-state index is 0.0689. The molecule has 5 N–H and O–H groups in total. The normalized spacial score (nSPS) is 19.6.